The van der Waals surface area contributed by atoms with Crippen LogP contribution in [0.3, 0.4) is 0 Å². The van der Waals surface area contributed by atoms with Crippen LogP contribution < -0.4 is 9.47 Å². The second kappa shape index (κ2) is 6.61. The van der Waals surface area contributed by atoms with Gasteiger partial charge in [0.2, 0.25) is 0 Å². The second-order valence-corrected chi connectivity index (χ2v) is 4.92. The number of hydrogen-bond acceptors (Lipinski definition) is 5. The molecule has 1 aromatic rings. The molecule has 1 unspecified atom stereocenters. The van der Waals surface area contributed by atoms with Gasteiger partial charge in [0.25, 0.3) is 0 Å². The lowest BCUT2D eigenvalue weighted by atomic mass is 10.2. The Balaban J connectivity index is 2.17. The number of carbonyl (C=O) groups excluding carboxylic acids is 1. The van der Waals surface area contributed by atoms with Gasteiger partial charge in [0.15, 0.2) is 11.5 Å². The van der Waals surface area contributed by atoms with Gasteiger partial charge in [-0.25, -0.2) is 4.79 Å². The van der Waals surface area contributed by atoms with E-state index in [0.29, 0.717) is 29.7 Å². The first-order valence-electron chi connectivity index (χ1n) is 6.75. The van der Waals surface area contributed by atoms with Crippen LogP contribution in [-0.2, 0) is 4.74 Å². The molecule has 1 saturated heterocycles. The van der Waals surface area contributed by atoms with Crippen molar-refractivity contribution in [3.63, 3.8) is 0 Å². The van der Waals surface area contributed by atoms with Crippen molar-refractivity contribution in [2.24, 2.45) is 0 Å². The summed E-state index contributed by atoms with van der Waals surface area (Å²) in [6.45, 7) is 1.63. The van der Waals surface area contributed by atoms with E-state index in [0.717, 1.165) is 13.0 Å². The molecule has 0 spiro atoms. The second-order valence-electron chi connectivity index (χ2n) is 4.92. The molecule has 1 aliphatic rings. The van der Waals surface area contributed by atoms with Gasteiger partial charge in [-0.05, 0) is 38.6 Å². The van der Waals surface area contributed by atoms with Gasteiger partial charge < -0.3 is 19.1 Å². The van der Waals surface area contributed by atoms with Crippen molar-refractivity contribution in [3.8, 4) is 11.5 Å². The molecule has 5 heteroatoms. The summed E-state index contributed by atoms with van der Waals surface area (Å²) in [7, 11) is 5.01. The van der Waals surface area contributed by atoms with Crippen LogP contribution in [0.25, 0.3) is 0 Å². The van der Waals surface area contributed by atoms with E-state index in [1.54, 1.807) is 25.3 Å². The summed E-state index contributed by atoms with van der Waals surface area (Å²) in [5.74, 6) is 0.592. The summed E-state index contributed by atoms with van der Waals surface area (Å²) in [4.78, 5) is 14.1. The number of carbonyl (C=O) groups is 1. The van der Waals surface area contributed by atoms with Crippen LogP contribution in [0, 0.1) is 0 Å². The highest BCUT2D eigenvalue weighted by Gasteiger charge is 2.24. The van der Waals surface area contributed by atoms with E-state index in [-0.39, 0.29) is 0 Å². The number of esters is 1. The third-order valence-electron chi connectivity index (χ3n) is 3.70. The number of rotatable bonds is 5. The number of likely N-dealkylation sites (tertiary alicyclic amines) is 1. The molecule has 5 nitrogen and oxygen atoms in total. The molecule has 2 rings (SSSR count). The predicted octanol–water partition coefficient (Wildman–Crippen LogP) is 1.95. The summed E-state index contributed by atoms with van der Waals surface area (Å²) in [5, 5.41) is 0. The van der Waals surface area contributed by atoms with E-state index in [4.69, 9.17) is 14.2 Å². The zero-order valence-electron chi connectivity index (χ0n) is 12.2. The molecule has 0 saturated carbocycles. The normalized spacial score (nSPS) is 18.9. The number of benzene rings is 1. The Hall–Kier alpha value is -1.75. The van der Waals surface area contributed by atoms with Crippen molar-refractivity contribution < 1.29 is 19.0 Å². The topological polar surface area (TPSA) is 48.0 Å². The zero-order valence-corrected chi connectivity index (χ0v) is 12.2. The van der Waals surface area contributed by atoms with Crippen molar-refractivity contribution in [2.75, 3.05) is 34.4 Å². The molecule has 0 amide bonds. The number of ether oxygens (including phenoxy) is 3. The third kappa shape index (κ3) is 3.04. The van der Waals surface area contributed by atoms with Crippen molar-refractivity contribution in [1.29, 1.82) is 0 Å². The summed E-state index contributed by atoms with van der Waals surface area (Å²) in [6.07, 6.45) is 2.29. The molecule has 1 atom stereocenters. The average molecular weight is 279 g/mol. The molecule has 1 heterocycles. The Morgan fingerprint density at radius 3 is 2.80 bits per heavy atom. The highest BCUT2D eigenvalue weighted by atomic mass is 16.5. The molecule has 20 heavy (non-hydrogen) atoms. The van der Waals surface area contributed by atoms with Crippen LogP contribution in [-0.4, -0.2) is 51.3 Å². The Kier molecular flexibility index (Phi) is 4.84. The van der Waals surface area contributed by atoms with Gasteiger partial charge in [-0.3, -0.25) is 0 Å². The summed E-state index contributed by atoms with van der Waals surface area (Å²) >= 11 is 0. The minimum absolute atomic E-state index is 0.380. The van der Waals surface area contributed by atoms with Crippen LogP contribution in [0.4, 0.5) is 0 Å². The minimum atomic E-state index is -0.418. The zero-order chi connectivity index (χ0) is 14.5. The predicted molar refractivity (Wildman–Crippen MR) is 75.5 cm³/mol. The largest absolute Gasteiger partial charge is 0.493 e. The van der Waals surface area contributed by atoms with Crippen molar-refractivity contribution >= 4 is 5.97 Å². The first kappa shape index (κ1) is 14.7. The molecule has 0 aromatic heterocycles. The van der Waals surface area contributed by atoms with Crippen molar-refractivity contribution in [1.82, 2.24) is 4.90 Å². The average Bonchev–Trinajstić information content (AvgIpc) is 2.89. The molecular weight excluding hydrogens is 258 g/mol. The number of para-hydroxylation sites is 1. The fraction of sp³-hybridized carbons (Fsp3) is 0.533. The Morgan fingerprint density at radius 2 is 2.20 bits per heavy atom. The Morgan fingerprint density at radius 1 is 1.40 bits per heavy atom. The van der Waals surface area contributed by atoms with Crippen LogP contribution in [0.2, 0.25) is 0 Å². The fourth-order valence-electron chi connectivity index (χ4n) is 2.47. The van der Waals surface area contributed by atoms with E-state index in [1.165, 1.54) is 13.5 Å². The highest BCUT2D eigenvalue weighted by Crippen LogP contribution is 2.32. The third-order valence-corrected chi connectivity index (χ3v) is 3.70. The van der Waals surface area contributed by atoms with Crippen LogP contribution in [0.15, 0.2) is 18.2 Å². The van der Waals surface area contributed by atoms with E-state index >= 15 is 0 Å². The number of likely N-dealkylation sites (N-methyl/N-ethyl adjacent to an activating group) is 1. The quantitative estimate of drug-likeness (QED) is 0.771. The molecule has 0 radical (unpaired) electrons. The Labute approximate surface area is 119 Å². The maximum atomic E-state index is 11.8. The van der Waals surface area contributed by atoms with Crippen LogP contribution >= 0.6 is 0 Å². The summed E-state index contributed by atoms with van der Waals surface area (Å²) in [6, 6.07) is 5.59. The molecule has 110 valence electrons. The van der Waals surface area contributed by atoms with E-state index < -0.39 is 5.97 Å². The lowest BCUT2D eigenvalue weighted by Gasteiger charge is -2.21. The lowest BCUT2D eigenvalue weighted by Crippen LogP contribution is -2.31. The monoisotopic (exact) mass is 279 g/mol. The highest BCUT2D eigenvalue weighted by molar-refractivity contribution is 5.93. The van der Waals surface area contributed by atoms with E-state index in [2.05, 4.69) is 11.9 Å². The van der Waals surface area contributed by atoms with Gasteiger partial charge in [0, 0.05) is 6.04 Å². The van der Waals surface area contributed by atoms with Crippen LogP contribution in [0.1, 0.15) is 23.2 Å². The van der Waals surface area contributed by atoms with Gasteiger partial charge >= 0.3 is 5.97 Å². The maximum Gasteiger partial charge on any atom is 0.341 e. The molecule has 0 aliphatic carbocycles. The van der Waals surface area contributed by atoms with Gasteiger partial charge in [-0.1, -0.05) is 6.07 Å². The molecule has 0 N–H and O–H groups in total. The fourth-order valence-corrected chi connectivity index (χ4v) is 2.47. The smallest absolute Gasteiger partial charge is 0.341 e. The van der Waals surface area contributed by atoms with Crippen LogP contribution in [0.5, 0.6) is 11.5 Å². The van der Waals surface area contributed by atoms with Crippen molar-refractivity contribution in [2.45, 2.75) is 18.9 Å². The summed E-state index contributed by atoms with van der Waals surface area (Å²) < 4.78 is 15.9. The molecular formula is C15H21NO4. The molecule has 1 fully saturated rings. The lowest BCUT2D eigenvalue weighted by molar-refractivity contribution is 0.0593. The van der Waals surface area contributed by atoms with E-state index in [1.807, 2.05) is 0 Å². The first-order chi connectivity index (χ1) is 9.67. The van der Waals surface area contributed by atoms with Gasteiger partial charge in [0.1, 0.15) is 12.2 Å². The number of methoxy groups -OCH3 is 2. The van der Waals surface area contributed by atoms with Gasteiger partial charge in [-0.2, -0.15) is 0 Å². The number of hydrogen-bond donors (Lipinski definition) is 0. The molecule has 0 bridgehead atoms. The van der Waals surface area contributed by atoms with Gasteiger partial charge in [0.05, 0.1) is 14.2 Å². The van der Waals surface area contributed by atoms with E-state index in [9.17, 15) is 4.79 Å². The standard InChI is InChI=1S/C15H21NO4/c1-16-9-5-6-11(16)10-20-14-12(15(17)19-3)7-4-8-13(14)18-2/h4,7-8,11H,5-6,9-10H2,1-3H3. The van der Waals surface area contributed by atoms with Gasteiger partial charge in [-0.15, -0.1) is 0 Å². The Bertz CT molecular complexity index is 475. The summed E-state index contributed by atoms with van der Waals surface area (Å²) in [5.41, 5.74) is 0.396. The SMILES string of the molecule is COC(=O)c1cccc(OC)c1OCC1CCCN1C. The van der Waals surface area contributed by atoms with Crippen molar-refractivity contribution in [3.05, 3.63) is 23.8 Å². The molecule has 1 aliphatic heterocycles. The maximum absolute atomic E-state index is 11.8. The number of nitrogens with zero attached hydrogens (tertiary/aromatic N) is 1. The first-order valence-corrected chi connectivity index (χ1v) is 6.75. The molecule has 1 aromatic carbocycles. The minimum Gasteiger partial charge on any atom is -0.493 e.